The summed E-state index contributed by atoms with van der Waals surface area (Å²) in [6.45, 7) is 6.95. The Bertz CT molecular complexity index is 1210. The fourth-order valence-corrected chi connectivity index (χ4v) is 3.31. The van der Waals surface area contributed by atoms with E-state index in [1.54, 1.807) is 0 Å². The third-order valence-electron chi connectivity index (χ3n) is 4.97. The van der Waals surface area contributed by atoms with E-state index in [2.05, 4.69) is 32.5 Å². The molecular weight excluding hydrogens is 378 g/mol. The number of benzene rings is 2. The Kier molecular flexibility index (Phi) is 5.52. The van der Waals surface area contributed by atoms with Crippen molar-refractivity contribution < 1.29 is 4.74 Å². The molecule has 0 saturated heterocycles. The quantitative estimate of drug-likeness (QED) is 0.492. The first-order valence-corrected chi connectivity index (χ1v) is 10.0. The van der Waals surface area contributed by atoms with Crippen LogP contribution in [0.15, 0.2) is 53.3 Å². The van der Waals surface area contributed by atoms with Gasteiger partial charge in [0.25, 0.3) is 11.3 Å². The summed E-state index contributed by atoms with van der Waals surface area (Å²) < 4.78 is 6.88. The Hall–Kier alpha value is -3.61. The SMILES string of the molecule is CCOc1ccc(NCc2nc3nc(C)c(Cc4ccc(C)cc4)c(=O)n3[nH]2)cc1. The highest BCUT2D eigenvalue weighted by Gasteiger charge is 2.14. The Morgan fingerprint density at radius 1 is 1.03 bits per heavy atom. The highest BCUT2D eigenvalue weighted by atomic mass is 16.5. The van der Waals surface area contributed by atoms with Crippen molar-refractivity contribution in [3.05, 3.63) is 87.1 Å². The van der Waals surface area contributed by atoms with Crippen LogP contribution in [0.25, 0.3) is 5.78 Å². The molecular formula is C23H25N5O2. The fraction of sp³-hybridized carbons (Fsp3) is 0.261. The molecule has 0 amide bonds. The summed E-state index contributed by atoms with van der Waals surface area (Å²) in [5, 5.41) is 6.36. The van der Waals surface area contributed by atoms with E-state index in [0.29, 0.717) is 42.4 Å². The van der Waals surface area contributed by atoms with Gasteiger partial charge in [0.1, 0.15) is 11.6 Å². The van der Waals surface area contributed by atoms with E-state index in [9.17, 15) is 4.79 Å². The van der Waals surface area contributed by atoms with Gasteiger partial charge < -0.3 is 10.1 Å². The zero-order chi connectivity index (χ0) is 21.1. The molecule has 4 rings (SSSR count). The maximum absolute atomic E-state index is 13.0. The van der Waals surface area contributed by atoms with Crippen molar-refractivity contribution in [1.29, 1.82) is 0 Å². The van der Waals surface area contributed by atoms with Crippen molar-refractivity contribution in [3.8, 4) is 5.75 Å². The van der Waals surface area contributed by atoms with Crippen LogP contribution < -0.4 is 15.6 Å². The maximum atomic E-state index is 13.0. The van der Waals surface area contributed by atoms with Crippen LogP contribution in [0.3, 0.4) is 0 Å². The number of nitrogens with zero attached hydrogens (tertiary/aromatic N) is 3. The van der Waals surface area contributed by atoms with E-state index in [0.717, 1.165) is 17.0 Å². The lowest BCUT2D eigenvalue weighted by Gasteiger charge is -2.06. The van der Waals surface area contributed by atoms with Gasteiger partial charge in [-0.3, -0.25) is 9.89 Å². The number of fused-ring (bicyclic) bond motifs is 1. The van der Waals surface area contributed by atoms with Crippen molar-refractivity contribution in [2.45, 2.75) is 33.7 Å². The summed E-state index contributed by atoms with van der Waals surface area (Å²) in [6, 6.07) is 15.9. The molecule has 2 N–H and O–H groups in total. The molecule has 0 spiro atoms. The second-order valence-corrected chi connectivity index (χ2v) is 7.26. The molecule has 7 heteroatoms. The molecule has 0 bridgehead atoms. The Labute approximate surface area is 174 Å². The van der Waals surface area contributed by atoms with E-state index in [1.165, 1.54) is 10.1 Å². The number of rotatable bonds is 7. The smallest absolute Gasteiger partial charge is 0.277 e. The third kappa shape index (κ3) is 4.20. The molecule has 0 unspecified atom stereocenters. The predicted octanol–water partition coefficient (Wildman–Crippen LogP) is 3.64. The summed E-state index contributed by atoms with van der Waals surface area (Å²) in [6.07, 6.45) is 0.541. The van der Waals surface area contributed by atoms with Gasteiger partial charge in [0.15, 0.2) is 0 Å². The molecule has 154 valence electrons. The summed E-state index contributed by atoms with van der Waals surface area (Å²) in [4.78, 5) is 22.0. The number of H-pyrrole nitrogens is 1. The highest BCUT2D eigenvalue weighted by molar-refractivity contribution is 5.46. The van der Waals surface area contributed by atoms with Crippen LogP contribution in [0.5, 0.6) is 5.75 Å². The van der Waals surface area contributed by atoms with Gasteiger partial charge in [-0.15, -0.1) is 0 Å². The second-order valence-electron chi connectivity index (χ2n) is 7.26. The number of hydrogen-bond acceptors (Lipinski definition) is 5. The standard InChI is InChI=1S/C23H25N5O2/c1-4-30-19-11-9-18(10-12-19)24-14-21-26-23-25-16(3)20(22(29)28(23)27-21)13-17-7-5-15(2)6-8-17/h5-12,24H,4,13-14H2,1-3H3,(H,25,26,27). The lowest BCUT2D eigenvalue weighted by Crippen LogP contribution is -2.22. The minimum atomic E-state index is -0.113. The van der Waals surface area contributed by atoms with Crippen molar-refractivity contribution in [1.82, 2.24) is 19.6 Å². The normalized spacial score (nSPS) is 11.0. The molecule has 0 saturated carbocycles. The lowest BCUT2D eigenvalue weighted by molar-refractivity contribution is 0.340. The molecule has 0 radical (unpaired) electrons. The molecule has 4 aromatic rings. The molecule has 0 atom stereocenters. The Balaban J connectivity index is 1.54. The summed E-state index contributed by atoms with van der Waals surface area (Å²) >= 11 is 0. The van der Waals surface area contributed by atoms with Gasteiger partial charge >= 0.3 is 0 Å². The van der Waals surface area contributed by atoms with Crippen molar-refractivity contribution in [3.63, 3.8) is 0 Å². The Morgan fingerprint density at radius 2 is 1.77 bits per heavy atom. The van der Waals surface area contributed by atoms with Crippen LogP contribution in [-0.4, -0.2) is 26.2 Å². The highest BCUT2D eigenvalue weighted by Crippen LogP contribution is 2.16. The molecule has 2 aromatic heterocycles. The average molecular weight is 403 g/mol. The number of hydrogen-bond donors (Lipinski definition) is 2. The van der Waals surface area contributed by atoms with E-state index in [4.69, 9.17) is 4.74 Å². The zero-order valence-electron chi connectivity index (χ0n) is 17.4. The van der Waals surface area contributed by atoms with Crippen LogP contribution in [0.1, 0.15) is 35.1 Å². The number of ether oxygens (including phenoxy) is 1. The largest absolute Gasteiger partial charge is 0.494 e. The third-order valence-corrected chi connectivity index (χ3v) is 4.97. The minimum Gasteiger partial charge on any atom is -0.494 e. The van der Waals surface area contributed by atoms with Crippen molar-refractivity contribution >= 4 is 11.5 Å². The predicted molar refractivity (Wildman–Crippen MR) is 117 cm³/mol. The first-order valence-electron chi connectivity index (χ1n) is 10.0. The molecule has 0 fully saturated rings. The van der Waals surface area contributed by atoms with E-state index >= 15 is 0 Å². The maximum Gasteiger partial charge on any atom is 0.277 e. The lowest BCUT2D eigenvalue weighted by atomic mass is 10.0. The molecule has 2 heterocycles. The van der Waals surface area contributed by atoms with E-state index < -0.39 is 0 Å². The monoisotopic (exact) mass is 403 g/mol. The van der Waals surface area contributed by atoms with Gasteiger partial charge in [-0.05, 0) is 50.6 Å². The van der Waals surface area contributed by atoms with Crippen LogP contribution in [0, 0.1) is 13.8 Å². The molecule has 0 aliphatic heterocycles. The zero-order valence-corrected chi connectivity index (χ0v) is 17.4. The second kappa shape index (κ2) is 8.41. The van der Waals surface area contributed by atoms with Gasteiger partial charge in [0.2, 0.25) is 0 Å². The summed E-state index contributed by atoms with van der Waals surface area (Å²) in [5.74, 6) is 1.85. The van der Waals surface area contributed by atoms with E-state index in [-0.39, 0.29) is 5.56 Å². The Morgan fingerprint density at radius 3 is 2.47 bits per heavy atom. The van der Waals surface area contributed by atoms with Gasteiger partial charge in [0.05, 0.1) is 18.8 Å². The number of anilines is 1. The molecule has 30 heavy (non-hydrogen) atoms. The average Bonchev–Trinajstić information content (AvgIpc) is 3.15. The van der Waals surface area contributed by atoms with Crippen LogP contribution in [0.4, 0.5) is 5.69 Å². The number of aryl methyl sites for hydroxylation is 2. The van der Waals surface area contributed by atoms with Crippen molar-refractivity contribution in [2.75, 3.05) is 11.9 Å². The molecule has 2 aromatic carbocycles. The van der Waals surface area contributed by atoms with Crippen LogP contribution in [0.2, 0.25) is 0 Å². The fourth-order valence-electron chi connectivity index (χ4n) is 3.31. The first-order chi connectivity index (χ1) is 14.5. The van der Waals surface area contributed by atoms with Gasteiger partial charge in [0, 0.05) is 17.7 Å². The molecule has 0 aliphatic carbocycles. The van der Waals surface area contributed by atoms with Crippen molar-refractivity contribution in [2.24, 2.45) is 0 Å². The molecule has 7 nitrogen and oxygen atoms in total. The van der Waals surface area contributed by atoms with Gasteiger partial charge in [-0.2, -0.15) is 9.50 Å². The van der Waals surface area contributed by atoms with E-state index in [1.807, 2.05) is 57.2 Å². The number of aromatic amines is 1. The first kappa shape index (κ1) is 19.7. The summed E-state index contributed by atoms with van der Waals surface area (Å²) in [5.41, 5.74) is 4.48. The molecule has 0 aliphatic rings. The minimum absolute atomic E-state index is 0.113. The number of nitrogens with one attached hydrogen (secondary N) is 2. The van der Waals surface area contributed by atoms with Crippen LogP contribution >= 0.6 is 0 Å². The number of aromatic nitrogens is 4. The van der Waals surface area contributed by atoms with Crippen LogP contribution in [-0.2, 0) is 13.0 Å². The topological polar surface area (TPSA) is 84.3 Å². The van der Waals surface area contributed by atoms with Gasteiger partial charge in [-0.1, -0.05) is 29.8 Å². The summed E-state index contributed by atoms with van der Waals surface area (Å²) in [7, 11) is 0. The van der Waals surface area contributed by atoms with Gasteiger partial charge in [-0.25, -0.2) is 4.98 Å².